The molecule has 0 amide bonds. The van der Waals surface area contributed by atoms with E-state index in [2.05, 4.69) is 4.74 Å². The molecule has 3 nitrogen and oxygen atoms in total. The molecule has 0 aromatic rings. The van der Waals surface area contributed by atoms with Crippen molar-refractivity contribution in [2.75, 3.05) is 7.11 Å². The van der Waals surface area contributed by atoms with Crippen molar-refractivity contribution in [3.05, 3.63) is 12.3 Å². The molecule has 0 saturated heterocycles. The van der Waals surface area contributed by atoms with Crippen molar-refractivity contribution in [3.8, 4) is 0 Å². The van der Waals surface area contributed by atoms with E-state index in [1.807, 2.05) is 6.08 Å². The average Bonchev–Trinajstić information content (AvgIpc) is 2.43. The molecule has 0 spiro atoms. The van der Waals surface area contributed by atoms with Gasteiger partial charge in [0.15, 0.2) is 0 Å². The van der Waals surface area contributed by atoms with Crippen LogP contribution in [0.1, 0.15) is 0 Å². The lowest BCUT2D eigenvalue weighted by molar-refractivity contribution is -0.143. The number of carbonyl (C=O) groups is 1. The van der Waals surface area contributed by atoms with Gasteiger partial charge in [0.1, 0.15) is 12.0 Å². The first kappa shape index (κ1) is 5.77. The van der Waals surface area contributed by atoms with Crippen molar-refractivity contribution >= 4 is 5.97 Å². The molecule has 2 aliphatic rings. The summed E-state index contributed by atoms with van der Waals surface area (Å²) < 4.78 is 9.64. The summed E-state index contributed by atoms with van der Waals surface area (Å²) in [6.07, 6.45) is 3.65. The molecular formula is C7H8O3. The van der Waals surface area contributed by atoms with Crippen molar-refractivity contribution in [2.45, 2.75) is 6.10 Å². The minimum Gasteiger partial charge on any atom is -0.497 e. The van der Waals surface area contributed by atoms with Crippen LogP contribution in [0, 0.1) is 11.8 Å². The first-order valence-corrected chi connectivity index (χ1v) is 3.24. The zero-order valence-electron chi connectivity index (χ0n) is 5.61. The molecule has 0 unspecified atom stereocenters. The summed E-state index contributed by atoms with van der Waals surface area (Å²) in [5.41, 5.74) is 0. The van der Waals surface area contributed by atoms with E-state index >= 15 is 0 Å². The van der Waals surface area contributed by atoms with Crippen LogP contribution in [-0.4, -0.2) is 19.2 Å². The molecule has 1 heterocycles. The first-order chi connectivity index (χ1) is 4.84. The number of rotatable bonds is 1. The van der Waals surface area contributed by atoms with E-state index < -0.39 is 0 Å². The number of fused-ring (bicyclic) bond motifs is 1. The number of hydrogen-bond donors (Lipinski definition) is 0. The fourth-order valence-corrected chi connectivity index (χ4v) is 1.36. The SMILES string of the molecule is COC(=O)[C@@H]1[C@H]2C=CO[C@@H]21. The molecule has 0 N–H and O–H groups in total. The van der Waals surface area contributed by atoms with E-state index in [9.17, 15) is 4.79 Å². The molecule has 1 fully saturated rings. The summed E-state index contributed by atoms with van der Waals surface area (Å²) in [7, 11) is 1.40. The lowest BCUT2D eigenvalue weighted by atomic mass is 10.3. The van der Waals surface area contributed by atoms with E-state index in [0.717, 1.165) is 0 Å². The van der Waals surface area contributed by atoms with Crippen molar-refractivity contribution in [1.29, 1.82) is 0 Å². The maximum absolute atomic E-state index is 10.9. The third-order valence-corrected chi connectivity index (χ3v) is 2.02. The highest BCUT2D eigenvalue weighted by molar-refractivity contribution is 5.78. The van der Waals surface area contributed by atoms with Gasteiger partial charge in [-0.3, -0.25) is 4.79 Å². The maximum Gasteiger partial charge on any atom is 0.313 e. The Morgan fingerprint density at radius 1 is 1.70 bits per heavy atom. The van der Waals surface area contributed by atoms with Crippen LogP contribution < -0.4 is 0 Å². The average molecular weight is 140 g/mol. The highest BCUT2D eigenvalue weighted by Crippen LogP contribution is 2.47. The summed E-state index contributed by atoms with van der Waals surface area (Å²) in [5.74, 6) is 0.127. The molecule has 0 bridgehead atoms. The van der Waals surface area contributed by atoms with Crippen molar-refractivity contribution in [1.82, 2.24) is 0 Å². The van der Waals surface area contributed by atoms with Crippen molar-refractivity contribution in [3.63, 3.8) is 0 Å². The molecule has 0 radical (unpaired) electrons. The van der Waals surface area contributed by atoms with Gasteiger partial charge in [-0.15, -0.1) is 0 Å². The van der Waals surface area contributed by atoms with Gasteiger partial charge in [0, 0.05) is 5.92 Å². The van der Waals surface area contributed by atoms with Crippen LogP contribution in [0.4, 0.5) is 0 Å². The molecule has 0 aromatic carbocycles. The van der Waals surface area contributed by atoms with Gasteiger partial charge in [0.25, 0.3) is 0 Å². The Bertz CT molecular complexity index is 197. The molecule has 1 aliphatic heterocycles. The van der Waals surface area contributed by atoms with Gasteiger partial charge in [-0.1, -0.05) is 0 Å². The van der Waals surface area contributed by atoms with E-state index in [1.165, 1.54) is 7.11 Å². The first-order valence-electron chi connectivity index (χ1n) is 3.24. The van der Waals surface area contributed by atoms with Gasteiger partial charge in [-0.25, -0.2) is 0 Å². The highest BCUT2D eigenvalue weighted by Gasteiger charge is 2.58. The van der Waals surface area contributed by atoms with E-state index in [1.54, 1.807) is 6.26 Å². The van der Waals surface area contributed by atoms with Crippen molar-refractivity contribution < 1.29 is 14.3 Å². The van der Waals surface area contributed by atoms with Gasteiger partial charge in [-0.05, 0) is 6.08 Å². The summed E-state index contributed by atoms with van der Waals surface area (Å²) in [6, 6.07) is 0. The minimum atomic E-state index is -0.153. The number of carbonyl (C=O) groups excluding carboxylic acids is 1. The zero-order chi connectivity index (χ0) is 7.14. The van der Waals surface area contributed by atoms with Gasteiger partial charge in [0.2, 0.25) is 0 Å². The monoisotopic (exact) mass is 140 g/mol. The molecule has 0 aromatic heterocycles. The molecular weight excluding hydrogens is 132 g/mol. The third kappa shape index (κ3) is 0.574. The molecule has 1 saturated carbocycles. The van der Waals surface area contributed by atoms with Crippen LogP contribution in [0.3, 0.4) is 0 Å². The topological polar surface area (TPSA) is 35.5 Å². The number of esters is 1. The van der Waals surface area contributed by atoms with Crippen LogP contribution in [0.25, 0.3) is 0 Å². The maximum atomic E-state index is 10.9. The Kier molecular flexibility index (Phi) is 1.01. The molecule has 54 valence electrons. The van der Waals surface area contributed by atoms with Crippen LogP contribution in [0.15, 0.2) is 12.3 Å². The minimum absolute atomic E-state index is 0.0185. The van der Waals surface area contributed by atoms with Crippen LogP contribution in [0.5, 0.6) is 0 Å². The van der Waals surface area contributed by atoms with Gasteiger partial charge >= 0.3 is 5.97 Å². The second-order valence-electron chi connectivity index (χ2n) is 2.56. The summed E-state index contributed by atoms with van der Waals surface area (Å²) in [4.78, 5) is 10.9. The van der Waals surface area contributed by atoms with Crippen molar-refractivity contribution in [2.24, 2.45) is 11.8 Å². The number of methoxy groups -OCH3 is 1. The smallest absolute Gasteiger partial charge is 0.313 e. The van der Waals surface area contributed by atoms with Gasteiger partial charge < -0.3 is 9.47 Å². The van der Waals surface area contributed by atoms with E-state index in [0.29, 0.717) is 5.92 Å². The Balaban J connectivity index is 2.01. The summed E-state index contributed by atoms with van der Waals surface area (Å²) >= 11 is 0. The fourth-order valence-electron chi connectivity index (χ4n) is 1.36. The summed E-state index contributed by atoms with van der Waals surface area (Å²) in [6.45, 7) is 0. The normalized spacial score (nSPS) is 40.3. The number of ether oxygens (including phenoxy) is 2. The predicted molar refractivity (Wildman–Crippen MR) is 33.0 cm³/mol. The Morgan fingerprint density at radius 3 is 3.00 bits per heavy atom. The molecule has 10 heavy (non-hydrogen) atoms. The molecule has 3 atom stereocenters. The Morgan fingerprint density at radius 2 is 2.50 bits per heavy atom. The number of hydrogen-bond acceptors (Lipinski definition) is 3. The largest absolute Gasteiger partial charge is 0.497 e. The van der Waals surface area contributed by atoms with Crippen LogP contribution in [-0.2, 0) is 14.3 Å². The van der Waals surface area contributed by atoms with Gasteiger partial charge in [0.05, 0.1) is 13.4 Å². The molecule has 3 heteroatoms. The third-order valence-electron chi connectivity index (χ3n) is 2.02. The second-order valence-corrected chi connectivity index (χ2v) is 2.56. The molecule has 1 aliphatic carbocycles. The lowest BCUT2D eigenvalue weighted by Crippen LogP contribution is -2.07. The predicted octanol–water partition coefficient (Wildman–Crippen LogP) is 0.318. The second kappa shape index (κ2) is 1.75. The van der Waals surface area contributed by atoms with E-state index in [4.69, 9.17) is 4.74 Å². The zero-order valence-corrected chi connectivity index (χ0v) is 5.61. The van der Waals surface area contributed by atoms with Crippen LogP contribution >= 0.6 is 0 Å². The van der Waals surface area contributed by atoms with Crippen LogP contribution in [0.2, 0.25) is 0 Å². The lowest BCUT2D eigenvalue weighted by Gasteiger charge is -1.97. The van der Waals surface area contributed by atoms with E-state index in [-0.39, 0.29) is 18.0 Å². The summed E-state index contributed by atoms with van der Waals surface area (Å²) in [5, 5.41) is 0. The standard InChI is InChI=1S/C7H8O3/c1-9-7(8)5-4-2-3-10-6(4)5/h2-6H,1H3/t4-,5-,6+/m1/s1. The highest BCUT2D eigenvalue weighted by atomic mass is 16.5. The Hall–Kier alpha value is -0.990. The quantitative estimate of drug-likeness (QED) is 0.492. The van der Waals surface area contributed by atoms with Gasteiger partial charge in [-0.2, -0.15) is 0 Å². The Labute approximate surface area is 58.6 Å². The fraction of sp³-hybridized carbons (Fsp3) is 0.571. The molecule has 2 rings (SSSR count).